The predicted molar refractivity (Wildman–Crippen MR) is 81.5 cm³/mol. The van der Waals surface area contributed by atoms with E-state index < -0.39 is 10.0 Å². The number of hydrogen-bond acceptors (Lipinski definition) is 5. The van der Waals surface area contributed by atoms with Crippen molar-refractivity contribution in [3.8, 4) is 17.6 Å². The molecule has 7 heteroatoms. The molecule has 0 aliphatic carbocycles. The average Bonchev–Trinajstić information content (AvgIpc) is 2.54. The zero-order valence-corrected chi connectivity index (χ0v) is 12.8. The number of nitriles is 1. The fraction of sp³-hybridized carbons (Fsp3) is 0.133. The van der Waals surface area contributed by atoms with Crippen molar-refractivity contribution in [2.24, 2.45) is 0 Å². The molecule has 0 saturated carbocycles. The van der Waals surface area contributed by atoms with E-state index in [1.807, 2.05) is 6.07 Å². The van der Waals surface area contributed by atoms with Gasteiger partial charge in [-0.05, 0) is 30.3 Å². The van der Waals surface area contributed by atoms with Crippen molar-refractivity contribution in [2.45, 2.75) is 4.90 Å². The number of hydrogen-bond donors (Lipinski definition) is 1. The Morgan fingerprint density at radius 2 is 1.77 bits per heavy atom. The van der Waals surface area contributed by atoms with Gasteiger partial charge in [-0.25, -0.2) is 8.42 Å². The number of anilines is 1. The molecular weight excluding hydrogens is 304 g/mol. The number of methoxy groups -OCH3 is 2. The lowest BCUT2D eigenvalue weighted by atomic mass is 10.2. The van der Waals surface area contributed by atoms with Gasteiger partial charge in [-0.15, -0.1) is 0 Å². The molecule has 22 heavy (non-hydrogen) atoms. The van der Waals surface area contributed by atoms with Gasteiger partial charge in [0.1, 0.15) is 0 Å². The highest BCUT2D eigenvalue weighted by molar-refractivity contribution is 7.92. The third-order valence-corrected chi connectivity index (χ3v) is 4.29. The summed E-state index contributed by atoms with van der Waals surface area (Å²) in [4.78, 5) is 0.0151. The summed E-state index contributed by atoms with van der Waals surface area (Å²) in [6.45, 7) is 0. The third-order valence-electron chi connectivity index (χ3n) is 2.91. The lowest BCUT2D eigenvalue weighted by Crippen LogP contribution is -2.13. The fourth-order valence-corrected chi connectivity index (χ4v) is 2.94. The molecule has 0 bridgehead atoms. The molecule has 0 heterocycles. The van der Waals surface area contributed by atoms with Crippen molar-refractivity contribution in [3.63, 3.8) is 0 Å². The van der Waals surface area contributed by atoms with Crippen LogP contribution in [-0.2, 0) is 10.0 Å². The second kappa shape index (κ2) is 6.37. The number of sulfonamides is 1. The first kappa shape index (κ1) is 15.7. The van der Waals surface area contributed by atoms with Gasteiger partial charge in [0.15, 0.2) is 11.5 Å². The minimum atomic E-state index is -3.79. The molecule has 2 rings (SSSR count). The monoisotopic (exact) mass is 318 g/mol. The molecule has 6 nitrogen and oxygen atoms in total. The van der Waals surface area contributed by atoms with Gasteiger partial charge in [-0.2, -0.15) is 5.26 Å². The van der Waals surface area contributed by atoms with Crippen LogP contribution in [0.15, 0.2) is 47.4 Å². The largest absolute Gasteiger partial charge is 0.493 e. The summed E-state index contributed by atoms with van der Waals surface area (Å²) in [6.07, 6.45) is 0. The molecule has 0 unspecified atom stereocenters. The van der Waals surface area contributed by atoms with Gasteiger partial charge >= 0.3 is 0 Å². The van der Waals surface area contributed by atoms with Gasteiger partial charge in [0.25, 0.3) is 10.0 Å². The van der Waals surface area contributed by atoms with E-state index in [2.05, 4.69) is 4.72 Å². The fourth-order valence-electron chi connectivity index (χ4n) is 1.85. The molecule has 0 atom stereocenters. The molecule has 114 valence electrons. The summed E-state index contributed by atoms with van der Waals surface area (Å²) in [7, 11) is -0.828. The van der Waals surface area contributed by atoms with Crippen LogP contribution >= 0.6 is 0 Å². The summed E-state index contributed by atoms with van der Waals surface area (Å²) < 4.78 is 37.3. The lowest BCUT2D eigenvalue weighted by Gasteiger charge is -2.12. The Morgan fingerprint density at radius 1 is 1.05 bits per heavy atom. The Morgan fingerprint density at radius 3 is 2.41 bits per heavy atom. The van der Waals surface area contributed by atoms with Crippen LogP contribution in [0.2, 0.25) is 0 Å². The molecule has 0 aliphatic rings. The van der Waals surface area contributed by atoms with E-state index in [0.717, 1.165) is 0 Å². The average molecular weight is 318 g/mol. The Balaban J connectivity index is 2.34. The molecule has 0 aliphatic heterocycles. The molecule has 2 aromatic rings. The second-order valence-corrected chi connectivity index (χ2v) is 6.00. The van der Waals surface area contributed by atoms with E-state index in [9.17, 15) is 8.42 Å². The Hall–Kier alpha value is -2.72. The molecule has 0 aromatic heterocycles. The highest BCUT2D eigenvalue weighted by Crippen LogP contribution is 2.30. The smallest absolute Gasteiger partial charge is 0.261 e. The van der Waals surface area contributed by atoms with E-state index in [1.165, 1.54) is 44.6 Å². The first-order valence-electron chi connectivity index (χ1n) is 6.25. The molecule has 0 amide bonds. The molecule has 0 radical (unpaired) electrons. The lowest BCUT2D eigenvalue weighted by molar-refractivity contribution is 0.355. The van der Waals surface area contributed by atoms with Crippen molar-refractivity contribution in [3.05, 3.63) is 48.0 Å². The van der Waals surface area contributed by atoms with Gasteiger partial charge in [0.2, 0.25) is 0 Å². The maximum absolute atomic E-state index is 12.3. The normalized spacial score (nSPS) is 10.6. The van der Waals surface area contributed by atoms with Gasteiger partial charge in [0.05, 0.1) is 36.4 Å². The number of rotatable bonds is 5. The van der Waals surface area contributed by atoms with Gasteiger partial charge < -0.3 is 9.47 Å². The van der Waals surface area contributed by atoms with Crippen LogP contribution in [0.1, 0.15) is 5.56 Å². The number of nitrogens with zero attached hydrogens (tertiary/aromatic N) is 1. The molecule has 0 fully saturated rings. The standard InChI is InChI=1S/C15H14N2O4S/c1-20-14-7-6-12(9-15(14)21-2)17-22(18,19)13-5-3-4-11(8-13)10-16/h3-9,17H,1-2H3. The zero-order chi connectivity index (χ0) is 16.2. The van der Waals surface area contributed by atoms with Crippen molar-refractivity contribution >= 4 is 15.7 Å². The third kappa shape index (κ3) is 3.30. The van der Waals surface area contributed by atoms with Crippen LogP contribution in [0.3, 0.4) is 0 Å². The Kier molecular flexibility index (Phi) is 4.53. The summed E-state index contributed by atoms with van der Waals surface area (Å²) in [6, 6.07) is 12.4. The SMILES string of the molecule is COc1ccc(NS(=O)(=O)c2cccc(C#N)c2)cc1OC. The first-order chi connectivity index (χ1) is 10.5. The maximum Gasteiger partial charge on any atom is 0.261 e. The highest BCUT2D eigenvalue weighted by atomic mass is 32.2. The van der Waals surface area contributed by atoms with E-state index >= 15 is 0 Å². The Bertz CT molecular complexity index is 826. The van der Waals surface area contributed by atoms with Crippen LogP contribution in [0, 0.1) is 11.3 Å². The zero-order valence-electron chi connectivity index (χ0n) is 12.0. The maximum atomic E-state index is 12.3. The summed E-state index contributed by atoms with van der Waals surface area (Å²) in [5.41, 5.74) is 0.607. The molecule has 1 N–H and O–H groups in total. The van der Waals surface area contributed by atoms with Gasteiger partial charge in [-0.3, -0.25) is 4.72 Å². The number of nitrogens with one attached hydrogen (secondary N) is 1. The predicted octanol–water partition coefficient (Wildman–Crippen LogP) is 2.38. The molecular formula is C15H14N2O4S. The minimum absolute atomic E-state index is 0.0151. The van der Waals surface area contributed by atoms with Crippen LogP contribution in [0.4, 0.5) is 5.69 Å². The van der Waals surface area contributed by atoms with Crippen LogP contribution in [0.25, 0.3) is 0 Å². The molecule has 0 saturated heterocycles. The van der Waals surface area contributed by atoms with Gasteiger partial charge in [0, 0.05) is 6.07 Å². The minimum Gasteiger partial charge on any atom is -0.493 e. The van der Waals surface area contributed by atoms with Crippen molar-refractivity contribution < 1.29 is 17.9 Å². The summed E-state index contributed by atoms with van der Waals surface area (Å²) in [5.74, 6) is 0.908. The summed E-state index contributed by atoms with van der Waals surface area (Å²) in [5, 5.41) is 8.85. The second-order valence-electron chi connectivity index (χ2n) is 4.31. The van der Waals surface area contributed by atoms with E-state index in [0.29, 0.717) is 17.2 Å². The van der Waals surface area contributed by atoms with E-state index in [4.69, 9.17) is 14.7 Å². The van der Waals surface area contributed by atoms with E-state index in [-0.39, 0.29) is 10.5 Å². The quantitative estimate of drug-likeness (QED) is 0.914. The van der Waals surface area contributed by atoms with Crippen LogP contribution < -0.4 is 14.2 Å². The number of benzene rings is 2. The topological polar surface area (TPSA) is 88.4 Å². The first-order valence-corrected chi connectivity index (χ1v) is 7.73. The summed E-state index contributed by atoms with van der Waals surface area (Å²) >= 11 is 0. The van der Waals surface area contributed by atoms with Crippen molar-refractivity contribution in [1.82, 2.24) is 0 Å². The van der Waals surface area contributed by atoms with Crippen molar-refractivity contribution in [2.75, 3.05) is 18.9 Å². The molecule has 2 aromatic carbocycles. The highest BCUT2D eigenvalue weighted by Gasteiger charge is 2.16. The van der Waals surface area contributed by atoms with Crippen LogP contribution in [0.5, 0.6) is 11.5 Å². The molecule has 0 spiro atoms. The Labute approximate surface area is 129 Å². The number of ether oxygens (including phenoxy) is 2. The van der Waals surface area contributed by atoms with Crippen LogP contribution in [-0.4, -0.2) is 22.6 Å². The van der Waals surface area contributed by atoms with Gasteiger partial charge in [-0.1, -0.05) is 6.07 Å². The van der Waals surface area contributed by atoms with E-state index in [1.54, 1.807) is 12.1 Å². The van der Waals surface area contributed by atoms with Crippen molar-refractivity contribution in [1.29, 1.82) is 5.26 Å².